The number of alkyl carbamates (subject to hydrolysis) is 1. The molecule has 0 spiro atoms. The molecule has 2 heterocycles. The van der Waals surface area contributed by atoms with Crippen LogP contribution in [-0.4, -0.2) is 46.8 Å². The van der Waals surface area contributed by atoms with Crippen LogP contribution in [0.3, 0.4) is 0 Å². The van der Waals surface area contributed by atoms with Crippen molar-refractivity contribution < 1.29 is 33.8 Å². The van der Waals surface area contributed by atoms with Gasteiger partial charge in [0.25, 0.3) is 5.09 Å². The molecule has 0 radical (unpaired) electrons. The summed E-state index contributed by atoms with van der Waals surface area (Å²) in [5.41, 5.74) is 2.51. The number of esters is 1. The Morgan fingerprint density at radius 2 is 1.78 bits per heavy atom. The maximum atomic E-state index is 13.5. The van der Waals surface area contributed by atoms with Crippen molar-refractivity contribution in [2.75, 3.05) is 18.5 Å². The molecule has 0 bridgehead atoms. The Kier molecular flexibility index (Phi) is 10.7. The third-order valence-corrected chi connectivity index (χ3v) is 7.59. The molecule has 2 amide bonds. The van der Waals surface area contributed by atoms with Crippen LogP contribution in [-0.2, 0) is 32.1 Å². The maximum absolute atomic E-state index is 13.5. The lowest BCUT2D eigenvalue weighted by Crippen LogP contribution is -2.37. The average Bonchev–Trinajstić information content (AvgIpc) is 3.38. The first-order chi connectivity index (χ1) is 21.4. The molecule has 1 atom stereocenters. The Morgan fingerprint density at radius 3 is 2.44 bits per heavy atom. The summed E-state index contributed by atoms with van der Waals surface area (Å²) >= 11 is 1.40. The molecule has 4 rings (SSSR count). The van der Waals surface area contributed by atoms with Crippen LogP contribution < -0.4 is 10.6 Å². The van der Waals surface area contributed by atoms with E-state index in [1.165, 1.54) is 11.3 Å². The minimum absolute atomic E-state index is 0.000177. The number of pyridine rings is 1. The highest BCUT2D eigenvalue weighted by molar-refractivity contribution is 7.22. The zero-order valence-corrected chi connectivity index (χ0v) is 26.1. The highest BCUT2D eigenvalue weighted by Gasteiger charge is 2.24. The van der Waals surface area contributed by atoms with Gasteiger partial charge in [0.1, 0.15) is 18.8 Å². The zero-order valence-electron chi connectivity index (χ0n) is 25.3. The van der Waals surface area contributed by atoms with Crippen LogP contribution in [0.5, 0.6) is 0 Å². The molecule has 0 aliphatic heterocycles. The number of amides is 2. The van der Waals surface area contributed by atoms with Crippen LogP contribution in [0.25, 0.3) is 10.1 Å². The SMILES string of the molecule is Cc1cc(CCO[N+](=O)[O-])ccc1C(=O)OCc1ccc(C(CNC(=O)OC(C)(C)C)C(=O)Nc2cc3ccncc3s2)cc1. The first kappa shape index (κ1) is 32.9. The molecule has 13 heteroatoms. The van der Waals surface area contributed by atoms with Gasteiger partial charge < -0.3 is 24.9 Å². The van der Waals surface area contributed by atoms with E-state index in [0.29, 0.717) is 33.7 Å². The average molecular weight is 635 g/mol. The van der Waals surface area contributed by atoms with Gasteiger partial charge in [0.2, 0.25) is 5.91 Å². The second kappa shape index (κ2) is 14.6. The Hall–Kier alpha value is -5.04. The van der Waals surface area contributed by atoms with E-state index >= 15 is 0 Å². The van der Waals surface area contributed by atoms with Gasteiger partial charge in [-0.05, 0) is 80.0 Å². The molecule has 12 nitrogen and oxygen atoms in total. The molecule has 0 saturated heterocycles. The number of anilines is 1. The lowest BCUT2D eigenvalue weighted by atomic mass is 9.97. The van der Waals surface area contributed by atoms with Gasteiger partial charge in [-0.3, -0.25) is 9.78 Å². The van der Waals surface area contributed by atoms with Gasteiger partial charge in [0.05, 0.1) is 21.2 Å². The van der Waals surface area contributed by atoms with E-state index in [0.717, 1.165) is 15.6 Å². The van der Waals surface area contributed by atoms with Gasteiger partial charge >= 0.3 is 12.1 Å². The monoisotopic (exact) mass is 634 g/mol. The van der Waals surface area contributed by atoms with Gasteiger partial charge in [0.15, 0.2) is 0 Å². The fourth-order valence-electron chi connectivity index (χ4n) is 4.44. The normalized spacial score (nSPS) is 11.8. The van der Waals surface area contributed by atoms with Gasteiger partial charge in [-0.25, -0.2) is 9.59 Å². The topological polar surface area (TPSA) is 159 Å². The number of nitrogens with one attached hydrogen (secondary N) is 2. The fraction of sp³-hybridized carbons (Fsp3) is 0.312. The van der Waals surface area contributed by atoms with Gasteiger partial charge in [-0.15, -0.1) is 21.5 Å². The number of benzene rings is 2. The zero-order chi connectivity index (χ0) is 32.6. The molecule has 236 valence electrons. The molecule has 0 saturated carbocycles. The van der Waals surface area contributed by atoms with E-state index in [1.54, 1.807) is 82.6 Å². The Balaban J connectivity index is 1.41. The van der Waals surface area contributed by atoms with Crippen molar-refractivity contribution in [2.24, 2.45) is 0 Å². The maximum Gasteiger partial charge on any atom is 0.407 e. The van der Waals surface area contributed by atoms with E-state index in [9.17, 15) is 24.5 Å². The molecule has 2 N–H and O–H groups in total. The minimum Gasteiger partial charge on any atom is -0.457 e. The summed E-state index contributed by atoms with van der Waals surface area (Å²) in [6.45, 7) is 6.95. The molecular weight excluding hydrogens is 600 g/mol. The van der Waals surface area contributed by atoms with E-state index in [-0.39, 0.29) is 25.7 Å². The molecule has 0 aliphatic carbocycles. The number of rotatable bonds is 12. The standard InChI is InChI=1S/C32H34N4O8S/c1-20-15-21(12-14-43-36(40)41)7-10-25(20)30(38)42-19-22-5-8-23(9-6-22)26(17-34-31(39)44-32(2,3)4)29(37)35-28-16-24-11-13-33-18-27(24)45-28/h5-11,13,15-16,18,26H,12,14,17,19H2,1-4H3,(H,34,39)(H,35,37). The van der Waals surface area contributed by atoms with Crippen molar-refractivity contribution in [3.8, 4) is 0 Å². The lowest BCUT2D eigenvalue weighted by molar-refractivity contribution is -0.757. The molecule has 4 aromatic rings. The highest BCUT2D eigenvalue weighted by atomic mass is 32.1. The number of aromatic nitrogens is 1. The summed E-state index contributed by atoms with van der Waals surface area (Å²) in [4.78, 5) is 57.4. The van der Waals surface area contributed by atoms with Crippen molar-refractivity contribution >= 4 is 44.4 Å². The number of ether oxygens (including phenoxy) is 2. The Bertz CT molecular complexity index is 1650. The molecule has 0 fully saturated rings. The lowest BCUT2D eigenvalue weighted by Gasteiger charge is -2.22. The second-order valence-corrected chi connectivity index (χ2v) is 12.3. The van der Waals surface area contributed by atoms with Gasteiger partial charge in [-0.2, -0.15) is 0 Å². The Labute approximate surface area is 263 Å². The summed E-state index contributed by atoms with van der Waals surface area (Å²) in [6, 6.07) is 15.8. The number of aryl methyl sites for hydroxylation is 1. The van der Waals surface area contributed by atoms with Crippen molar-refractivity contribution in [1.29, 1.82) is 0 Å². The van der Waals surface area contributed by atoms with Crippen LogP contribution in [0.2, 0.25) is 0 Å². The Morgan fingerprint density at radius 1 is 1.04 bits per heavy atom. The van der Waals surface area contributed by atoms with E-state index in [4.69, 9.17) is 9.47 Å². The third kappa shape index (κ3) is 9.73. The summed E-state index contributed by atoms with van der Waals surface area (Å²) in [5.74, 6) is -1.56. The van der Waals surface area contributed by atoms with Crippen LogP contribution in [0.15, 0.2) is 67.0 Å². The third-order valence-electron chi connectivity index (χ3n) is 6.59. The van der Waals surface area contributed by atoms with Crippen LogP contribution in [0.1, 0.15) is 59.3 Å². The van der Waals surface area contributed by atoms with E-state index in [2.05, 4.69) is 20.5 Å². The largest absolute Gasteiger partial charge is 0.457 e. The quantitative estimate of drug-likeness (QED) is 0.109. The molecule has 1 unspecified atom stereocenters. The van der Waals surface area contributed by atoms with E-state index < -0.39 is 28.7 Å². The number of thiophene rings is 1. The van der Waals surface area contributed by atoms with Crippen molar-refractivity contribution in [2.45, 2.75) is 52.2 Å². The highest BCUT2D eigenvalue weighted by Crippen LogP contribution is 2.30. The number of carbonyl (C=O) groups is 3. The number of hydrogen-bond acceptors (Lipinski definition) is 10. The molecule has 2 aromatic carbocycles. The van der Waals surface area contributed by atoms with Crippen LogP contribution in [0, 0.1) is 17.0 Å². The van der Waals surface area contributed by atoms with Gasteiger partial charge in [0, 0.05) is 18.9 Å². The summed E-state index contributed by atoms with van der Waals surface area (Å²) in [6.07, 6.45) is 3.11. The molecule has 0 aliphatic rings. The number of nitrogens with zero attached hydrogens (tertiary/aromatic N) is 2. The summed E-state index contributed by atoms with van der Waals surface area (Å²) in [5, 5.41) is 16.8. The number of fused-ring (bicyclic) bond motifs is 1. The predicted molar refractivity (Wildman–Crippen MR) is 169 cm³/mol. The first-order valence-electron chi connectivity index (χ1n) is 14.1. The summed E-state index contributed by atoms with van der Waals surface area (Å²) in [7, 11) is 0. The predicted octanol–water partition coefficient (Wildman–Crippen LogP) is 5.96. The van der Waals surface area contributed by atoms with Crippen molar-refractivity contribution in [1.82, 2.24) is 10.3 Å². The second-order valence-electron chi connectivity index (χ2n) is 11.2. The molecule has 45 heavy (non-hydrogen) atoms. The molecule has 2 aromatic heterocycles. The van der Waals surface area contributed by atoms with Crippen molar-refractivity contribution in [3.63, 3.8) is 0 Å². The smallest absolute Gasteiger partial charge is 0.407 e. The number of hydrogen-bond donors (Lipinski definition) is 2. The molecular formula is C32H34N4O8S. The van der Waals surface area contributed by atoms with Crippen molar-refractivity contribution in [3.05, 3.63) is 105 Å². The first-order valence-corrected chi connectivity index (χ1v) is 14.9. The summed E-state index contributed by atoms with van der Waals surface area (Å²) < 4.78 is 11.8. The minimum atomic E-state index is -0.842. The van der Waals surface area contributed by atoms with Crippen LogP contribution >= 0.6 is 11.3 Å². The van der Waals surface area contributed by atoms with E-state index in [1.807, 2.05) is 12.1 Å². The number of carbonyl (C=O) groups excluding carboxylic acids is 3. The van der Waals surface area contributed by atoms with Gasteiger partial charge in [-0.1, -0.05) is 36.4 Å². The fourth-order valence-corrected chi connectivity index (χ4v) is 5.37. The van der Waals surface area contributed by atoms with Crippen LogP contribution in [0.4, 0.5) is 9.80 Å².